The fourth-order valence-electron chi connectivity index (χ4n) is 0.571. The molecule has 0 N–H and O–H groups in total. The maximum absolute atomic E-state index is 10.3. The minimum absolute atomic E-state index is 0.117. The second-order valence-corrected chi connectivity index (χ2v) is 2.69. The summed E-state index contributed by atoms with van der Waals surface area (Å²) in [7, 11) is 0. The molecule has 1 rings (SSSR count). The Kier molecular flexibility index (Phi) is 3.40. The quantitative estimate of drug-likeness (QED) is 0.516. The van der Waals surface area contributed by atoms with Gasteiger partial charge in [0.15, 0.2) is 5.71 Å². The summed E-state index contributed by atoms with van der Waals surface area (Å²) >= 11 is 1.32. The second kappa shape index (κ2) is 4.61. The maximum Gasteiger partial charge on any atom is 0.260 e. The molecule has 0 unspecified atom stereocenters. The van der Waals surface area contributed by atoms with Crippen molar-refractivity contribution in [2.24, 2.45) is 5.16 Å². The molecule has 1 aromatic heterocycles. The summed E-state index contributed by atoms with van der Waals surface area (Å²) in [6, 6.07) is 0. The van der Waals surface area contributed by atoms with E-state index in [4.69, 9.17) is 4.84 Å². The number of hydrogen-bond acceptors (Lipinski definition) is 5. The van der Waals surface area contributed by atoms with Gasteiger partial charge in [-0.3, -0.25) is 4.79 Å². The highest BCUT2D eigenvalue weighted by atomic mass is 32.1. The lowest BCUT2D eigenvalue weighted by molar-refractivity contribution is 0.159. The summed E-state index contributed by atoms with van der Waals surface area (Å²) in [5.41, 5.74) is 0.117. The standard InChI is InChI=1S/C7H7N2O2S/c1-2-11-9-6(5-10)7-8-3-4-12-7/h3-4H,2H2,1H3. The first-order valence-electron chi connectivity index (χ1n) is 3.36. The molecule has 5 heteroatoms. The first kappa shape index (κ1) is 8.86. The molecule has 1 aromatic rings. The van der Waals surface area contributed by atoms with Gasteiger partial charge in [0.2, 0.25) is 0 Å². The number of hydrogen-bond donors (Lipinski definition) is 0. The summed E-state index contributed by atoms with van der Waals surface area (Å²) in [6.07, 6.45) is 3.26. The lowest BCUT2D eigenvalue weighted by atomic mass is 10.4. The van der Waals surface area contributed by atoms with Crippen LogP contribution < -0.4 is 0 Å². The molecule has 1 heterocycles. The SMILES string of the molecule is CCON=C([C]=O)c1nccs1. The van der Waals surface area contributed by atoms with Crippen LogP contribution >= 0.6 is 11.3 Å². The van der Waals surface area contributed by atoms with E-state index < -0.39 is 0 Å². The van der Waals surface area contributed by atoms with Gasteiger partial charge in [-0.1, -0.05) is 5.16 Å². The first-order valence-corrected chi connectivity index (χ1v) is 4.24. The fraction of sp³-hybridized carbons (Fsp3) is 0.286. The summed E-state index contributed by atoms with van der Waals surface area (Å²) in [5, 5.41) is 5.83. The number of carbonyl (C=O) groups excluding carboxylic acids is 1. The Labute approximate surface area is 73.9 Å². The highest BCUT2D eigenvalue weighted by Gasteiger charge is 2.05. The van der Waals surface area contributed by atoms with E-state index in [0.29, 0.717) is 11.6 Å². The lowest BCUT2D eigenvalue weighted by Crippen LogP contribution is -2.02. The van der Waals surface area contributed by atoms with E-state index in [1.54, 1.807) is 24.8 Å². The third-order valence-corrected chi connectivity index (χ3v) is 1.80. The lowest BCUT2D eigenvalue weighted by Gasteiger charge is -1.92. The van der Waals surface area contributed by atoms with Gasteiger partial charge in [-0.25, -0.2) is 4.98 Å². The summed E-state index contributed by atoms with van der Waals surface area (Å²) in [4.78, 5) is 18.9. The van der Waals surface area contributed by atoms with Gasteiger partial charge in [0, 0.05) is 11.6 Å². The van der Waals surface area contributed by atoms with Crippen molar-refractivity contribution in [3.63, 3.8) is 0 Å². The van der Waals surface area contributed by atoms with Crippen molar-refractivity contribution in [2.45, 2.75) is 6.92 Å². The molecule has 0 saturated carbocycles. The zero-order valence-electron chi connectivity index (χ0n) is 6.48. The zero-order valence-corrected chi connectivity index (χ0v) is 7.30. The van der Waals surface area contributed by atoms with Crippen molar-refractivity contribution in [3.8, 4) is 0 Å². The van der Waals surface area contributed by atoms with Crippen molar-refractivity contribution in [1.82, 2.24) is 4.98 Å². The Hall–Kier alpha value is -1.23. The van der Waals surface area contributed by atoms with Gasteiger partial charge in [0.05, 0.1) is 0 Å². The van der Waals surface area contributed by atoms with Gasteiger partial charge >= 0.3 is 0 Å². The normalized spacial score (nSPS) is 11.2. The number of oxime groups is 1. The predicted octanol–water partition coefficient (Wildman–Crippen LogP) is 0.993. The molecule has 0 aliphatic carbocycles. The Bertz CT molecular complexity index is 269. The van der Waals surface area contributed by atoms with Crippen LogP contribution in [0.2, 0.25) is 0 Å². The van der Waals surface area contributed by atoms with E-state index in [2.05, 4.69) is 10.1 Å². The molecule has 0 aliphatic rings. The van der Waals surface area contributed by atoms with Crippen molar-refractivity contribution >= 4 is 23.3 Å². The van der Waals surface area contributed by atoms with Crippen molar-refractivity contribution in [3.05, 3.63) is 16.6 Å². The predicted molar refractivity (Wildman–Crippen MR) is 46.0 cm³/mol. The van der Waals surface area contributed by atoms with Crippen LogP contribution in [0.3, 0.4) is 0 Å². The Morgan fingerprint density at radius 1 is 1.92 bits per heavy atom. The molecule has 12 heavy (non-hydrogen) atoms. The number of aromatic nitrogens is 1. The molecule has 0 spiro atoms. The van der Waals surface area contributed by atoms with Crippen LogP contribution in [0.4, 0.5) is 0 Å². The average molecular weight is 183 g/mol. The maximum atomic E-state index is 10.3. The average Bonchev–Trinajstić information content (AvgIpc) is 2.59. The van der Waals surface area contributed by atoms with Crippen LogP contribution in [0.5, 0.6) is 0 Å². The summed E-state index contributed by atoms with van der Waals surface area (Å²) in [6.45, 7) is 2.21. The molecule has 0 aromatic carbocycles. The van der Waals surface area contributed by atoms with Crippen molar-refractivity contribution in [2.75, 3.05) is 6.61 Å². The van der Waals surface area contributed by atoms with Crippen LogP contribution in [-0.4, -0.2) is 23.6 Å². The Balaban J connectivity index is 2.76. The van der Waals surface area contributed by atoms with Gasteiger partial charge in [-0.05, 0) is 6.92 Å². The molecule has 0 atom stereocenters. The second-order valence-electron chi connectivity index (χ2n) is 1.80. The minimum Gasteiger partial charge on any atom is -0.395 e. The van der Waals surface area contributed by atoms with Gasteiger partial charge in [-0.2, -0.15) is 0 Å². The van der Waals surface area contributed by atoms with E-state index in [9.17, 15) is 4.79 Å². The molecule has 0 amide bonds. The fourth-order valence-corrected chi connectivity index (χ4v) is 1.13. The molecule has 0 aliphatic heterocycles. The molecular formula is C7H7N2O2S. The zero-order chi connectivity index (χ0) is 8.81. The topological polar surface area (TPSA) is 51.5 Å². The van der Waals surface area contributed by atoms with Crippen molar-refractivity contribution < 1.29 is 9.63 Å². The first-order chi connectivity index (χ1) is 5.88. The largest absolute Gasteiger partial charge is 0.395 e. The van der Waals surface area contributed by atoms with Crippen LogP contribution in [0.1, 0.15) is 11.9 Å². The molecule has 0 fully saturated rings. The smallest absolute Gasteiger partial charge is 0.260 e. The van der Waals surface area contributed by atoms with Gasteiger partial charge in [-0.15, -0.1) is 11.3 Å². The molecular weight excluding hydrogens is 176 g/mol. The van der Waals surface area contributed by atoms with E-state index in [1.165, 1.54) is 11.3 Å². The highest BCUT2D eigenvalue weighted by Crippen LogP contribution is 2.04. The number of rotatable bonds is 4. The van der Waals surface area contributed by atoms with E-state index in [0.717, 1.165) is 0 Å². The van der Waals surface area contributed by atoms with Crippen LogP contribution in [0.15, 0.2) is 16.7 Å². The molecule has 0 saturated heterocycles. The van der Waals surface area contributed by atoms with Crippen molar-refractivity contribution in [1.29, 1.82) is 0 Å². The molecule has 0 bridgehead atoms. The highest BCUT2D eigenvalue weighted by molar-refractivity contribution is 7.12. The number of nitrogens with zero attached hydrogens (tertiary/aromatic N) is 2. The molecule has 4 nitrogen and oxygen atoms in total. The number of thiazole rings is 1. The molecule has 1 radical (unpaired) electrons. The van der Waals surface area contributed by atoms with Gasteiger partial charge in [0.1, 0.15) is 11.6 Å². The van der Waals surface area contributed by atoms with Crippen LogP contribution in [0, 0.1) is 0 Å². The third-order valence-electron chi connectivity index (χ3n) is 1.02. The van der Waals surface area contributed by atoms with Gasteiger partial charge < -0.3 is 4.84 Å². The van der Waals surface area contributed by atoms with Crippen LogP contribution in [0.25, 0.3) is 0 Å². The molecule has 63 valence electrons. The van der Waals surface area contributed by atoms with Crippen LogP contribution in [-0.2, 0) is 9.63 Å². The Morgan fingerprint density at radius 3 is 3.25 bits per heavy atom. The van der Waals surface area contributed by atoms with E-state index >= 15 is 0 Å². The third kappa shape index (κ3) is 2.13. The summed E-state index contributed by atoms with van der Waals surface area (Å²) in [5.74, 6) is 0. The van der Waals surface area contributed by atoms with E-state index in [-0.39, 0.29) is 5.71 Å². The van der Waals surface area contributed by atoms with Gasteiger partial charge in [0.25, 0.3) is 6.29 Å². The van der Waals surface area contributed by atoms with E-state index in [1.807, 2.05) is 0 Å². The monoisotopic (exact) mass is 183 g/mol. The minimum atomic E-state index is 0.117. The summed E-state index contributed by atoms with van der Waals surface area (Å²) < 4.78 is 0. The Morgan fingerprint density at radius 2 is 2.75 bits per heavy atom.